The van der Waals surface area contributed by atoms with E-state index < -0.39 is 0 Å². The highest BCUT2D eigenvalue weighted by atomic mass is 15.0. The van der Waals surface area contributed by atoms with E-state index in [1.54, 1.807) is 0 Å². The number of nitrogens with zero attached hydrogens (tertiary/aromatic N) is 4. The smallest absolute Gasteiger partial charge is 0.0991 e. The lowest BCUT2D eigenvalue weighted by Crippen LogP contribution is -1.93. The number of rotatable bonds is 4. The summed E-state index contributed by atoms with van der Waals surface area (Å²) in [6, 6.07) is 55.1. The van der Waals surface area contributed by atoms with Gasteiger partial charge in [0.25, 0.3) is 0 Å². The molecule has 3 aromatic heterocycles. The van der Waals surface area contributed by atoms with Crippen LogP contribution in [0.25, 0.3) is 82.8 Å². The summed E-state index contributed by atoms with van der Waals surface area (Å²) in [4.78, 5) is 9.74. The predicted octanol–water partition coefficient (Wildman–Crippen LogP) is 10.8. The molecule has 0 fully saturated rings. The van der Waals surface area contributed by atoms with Gasteiger partial charge in [-0.25, -0.2) is 4.98 Å². The van der Waals surface area contributed by atoms with Gasteiger partial charge in [0.2, 0.25) is 0 Å². The van der Waals surface area contributed by atoms with Gasteiger partial charge in [0.05, 0.1) is 39.4 Å². The molecule has 9 rings (SSSR count). The molecule has 0 amide bonds. The van der Waals surface area contributed by atoms with E-state index in [0.717, 1.165) is 72.0 Å². The number of hydrogen-bond donors (Lipinski definition) is 0. The molecule has 0 aliphatic rings. The molecule has 3 heterocycles. The minimum Gasteiger partial charge on any atom is -0.309 e. The van der Waals surface area contributed by atoms with Gasteiger partial charge in [-0.05, 0) is 89.0 Å². The molecule has 0 unspecified atom stereocenters. The van der Waals surface area contributed by atoms with Gasteiger partial charge in [-0.1, -0.05) is 84.9 Å². The third-order valence-electron chi connectivity index (χ3n) is 9.05. The van der Waals surface area contributed by atoms with Gasteiger partial charge in [-0.3, -0.25) is 4.98 Å². The van der Waals surface area contributed by atoms with Crippen molar-refractivity contribution in [3.05, 3.63) is 163 Å². The summed E-state index contributed by atoms with van der Waals surface area (Å²) in [5, 5.41) is 13.8. The van der Waals surface area contributed by atoms with Crippen molar-refractivity contribution in [2.75, 3.05) is 0 Å². The Kier molecular flexibility index (Phi) is 6.16. The van der Waals surface area contributed by atoms with E-state index in [-0.39, 0.29) is 0 Å². The molecule has 0 aliphatic carbocycles. The van der Waals surface area contributed by atoms with E-state index in [1.165, 1.54) is 10.8 Å². The summed E-state index contributed by atoms with van der Waals surface area (Å²) in [5.41, 5.74) is 12.4. The zero-order chi connectivity index (χ0) is 31.3. The molecule has 4 nitrogen and oxygen atoms in total. The van der Waals surface area contributed by atoms with Crippen LogP contribution in [0.1, 0.15) is 5.56 Å². The van der Waals surface area contributed by atoms with E-state index in [9.17, 15) is 5.26 Å². The van der Waals surface area contributed by atoms with Gasteiger partial charge < -0.3 is 4.57 Å². The first-order valence-corrected chi connectivity index (χ1v) is 15.6. The van der Waals surface area contributed by atoms with Crippen molar-refractivity contribution in [2.24, 2.45) is 0 Å². The van der Waals surface area contributed by atoms with Crippen LogP contribution < -0.4 is 0 Å². The molecule has 0 atom stereocenters. The van der Waals surface area contributed by atoms with Gasteiger partial charge in [0, 0.05) is 39.0 Å². The van der Waals surface area contributed by atoms with Crippen molar-refractivity contribution in [3.8, 4) is 45.3 Å². The second-order valence-corrected chi connectivity index (χ2v) is 11.8. The van der Waals surface area contributed by atoms with Crippen LogP contribution in [0.5, 0.6) is 0 Å². The topological polar surface area (TPSA) is 54.5 Å². The van der Waals surface area contributed by atoms with Crippen LogP contribution in [-0.2, 0) is 0 Å². The summed E-state index contributed by atoms with van der Waals surface area (Å²) >= 11 is 0. The Bertz CT molecular complexity index is 2680. The summed E-state index contributed by atoms with van der Waals surface area (Å²) in [6.07, 6.45) is 1.83. The third-order valence-corrected chi connectivity index (χ3v) is 9.05. The summed E-state index contributed by atoms with van der Waals surface area (Å²) in [7, 11) is 0. The summed E-state index contributed by atoms with van der Waals surface area (Å²) in [6.45, 7) is 0. The van der Waals surface area contributed by atoms with Gasteiger partial charge in [0.1, 0.15) is 0 Å². The van der Waals surface area contributed by atoms with Crippen LogP contribution >= 0.6 is 0 Å². The van der Waals surface area contributed by atoms with E-state index >= 15 is 0 Å². The molecular formula is C43H26N4. The van der Waals surface area contributed by atoms with Crippen LogP contribution in [-0.4, -0.2) is 14.5 Å². The van der Waals surface area contributed by atoms with Crippen molar-refractivity contribution in [1.82, 2.24) is 14.5 Å². The zero-order valence-electron chi connectivity index (χ0n) is 25.3. The first-order valence-electron chi connectivity index (χ1n) is 15.6. The van der Waals surface area contributed by atoms with Crippen molar-refractivity contribution >= 4 is 43.6 Å². The highest BCUT2D eigenvalue weighted by molar-refractivity contribution is 6.11. The average Bonchev–Trinajstić information content (AvgIpc) is 3.48. The number of nitriles is 1. The molecule has 0 N–H and O–H groups in total. The van der Waals surface area contributed by atoms with Crippen molar-refractivity contribution < 1.29 is 0 Å². The molecule has 9 aromatic rings. The number of benzene rings is 6. The van der Waals surface area contributed by atoms with Crippen LogP contribution in [0.2, 0.25) is 0 Å². The second-order valence-electron chi connectivity index (χ2n) is 11.8. The molecule has 47 heavy (non-hydrogen) atoms. The molecule has 0 saturated carbocycles. The minimum absolute atomic E-state index is 0.659. The fourth-order valence-electron chi connectivity index (χ4n) is 6.72. The molecule has 0 aliphatic heterocycles. The van der Waals surface area contributed by atoms with Crippen LogP contribution in [0.3, 0.4) is 0 Å². The largest absolute Gasteiger partial charge is 0.309 e. The number of hydrogen-bond acceptors (Lipinski definition) is 3. The lowest BCUT2D eigenvalue weighted by Gasteiger charge is -2.09. The van der Waals surface area contributed by atoms with Crippen LogP contribution in [0, 0.1) is 11.3 Å². The van der Waals surface area contributed by atoms with E-state index in [0.29, 0.717) is 5.56 Å². The lowest BCUT2D eigenvalue weighted by atomic mass is 9.98. The van der Waals surface area contributed by atoms with Crippen LogP contribution in [0.4, 0.5) is 0 Å². The van der Waals surface area contributed by atoms with Crippen molar-refractivity contribution in [1.29, 1.82) is 5.26 Å². The summed E-state index contributed by atoms with van der Waals surface area (Å²) < 4.78 is 2.34. The molecule has 0 spiro atoms. The Morgan fingerprint density at radius 2 is 1.13 bits per heavy atom. The number of fused-ring (bicyclic) bond motifs is 6. The molecular weight excluding hydrogens is 573 g/mol. The Morgan fingerprint density at radius 1 is 0.489 bits per heavy atom. The Labute approximate surface area is 271 Å². The number of pyridine rings is 2. The van der Waals surface area contributed by atoms with Gasteiger partial charge in [-0.15, -0.1) is 0 Å². The fourth-order valence-corrected chi connectivity index (χ4v) is 6.72. The quantitative estimate of drug-likeness (QED) is 0.189. The van der Waals surface area contributed by atoms with Crippen molar-refractivity contribution in [2.45, 2.75) is 0 Å². The van der Waals surface area contributed by atoms with Gasteiger partial charge >= 0.3 is 0 Å². The molecule has 0 radical (unpaired) electrons. The summed E-state index contributed by atoms with van der Waals surface area (Å²) in [5.74, 6) is 0. The lowest BCUT2D eigenvalue weighted by molar-refractivity contribution is 1.18. The molecule has 0 bridgehead atoms. The van der Waals surface area contributed by atoms with Gasteiger partial charge in [0.15, 0.2) is 0 Å². The maximum atomic E-state index is 9.29. The highest BCUT2D eigenvalue weighted by Crippen LogP contribution is 2.38. The average molecular weight is 599 g/mol. The number of para-hydroxylation sites is 1. The predicted molar refractivity (Wildman–Crippen MR) is 192 cm³/mol. The van der Waals surface area contributed by atoms with E-state index in [2.05, 4.69) is 137 Å². The second kappa shape index (κ2) is 10.8. The molecule has 6 aromatic carbocycles. The maximum Gasteiger partial charge on any atom is 0.0991 e. The SMILES string of the molecule is N#Cc1ccc(-c2ccc3c(c2)c2cc(-c4cccc(-c5ccc6ccc7cccnc7c6n5)c4)ccc2n3-c2ccccc2)cc1. The Hall–Kier alpha value is -6.57. The first kappa shape index (κ1) is 26.8. The Balaban J connectivity index is 1.20. The standard InChI is InChI=1S/C43H26N4/c44-27-28-11-13-29(14-12-28)33-18-21-40-37(25-33)38-26-34(19-22-41(38)47(40)36-9-2-1-3-10-36)32-6-4-7-35(24-32)39-20-17-31-16-15-30-8-5-23-45-42(30)43(31)46-39/h1-26H. The minimum atomic E-state index is 0.659. The fraction of sp³-hybridized carbons (Fsp3) is 0. The molecule has 0 saturated heterocycles. The zero-order valence-corrected chi connectivity index (χ0v) is 25.3. The van der Waals surface area contributed by atoms with Gasteiger partial charge in [-0.2, -0.15) is 5.26 Å². The van der Waals surface area contributed by atoms with E-state index in [1.807, 2.05) is 36.5 Å². The van der Waals surface area contributed by atoms with E-state index in [4.69, 9.17) is 4.98 Å². The third kappa shape index (κ3) is 4.53. The molecule has 218 valence electrons. The maximum absolute atomic E-state index is 9.29. The first-order chi connectivity index (χ1) is 23.2. The van der Waals surface area contributed by atoms with Crippen LogP contribution in [0.15, 0.2) is 158 Å². The normalized spacial score (nSPS) is 11.4. The Morgan fingerprint density at radius 3 is 1.87 bits per heavy atom. The molecule has 4 heteroatoms. The number of aromatic nitrogens is 3. The van der Waals surface area contributed by atoms with Crippen molar-refractivity contribution in [3.63, 3.8) is 0 Å². The monoisotopic (exact) mass is 598 g/mol. The highest BCUT2D eigenvalue weighted by Gasteiger charge is 2.15.